The maximum atomic E-state index is 15.0. The number of amides is 1. The molecular weight excluding hydrogens is 632 g/mol. The number of carboxylic acid groups (broad SMARTS) is 1. The van der Waals surface area contributed by atoms with Crippen LogP contribution in [-0.4, -0.2) is 70.5 Å². The summed E-state index contributed by atoms with van der Waals surface area (Å²) in [5.41, 5.74) is 0.973. The number of pyridine rings is 1. The fourth-order valence-electron chi connectivity index (χ4n) is 5.11. The monoisotopic (exact) mass is 662 g/mol. The van der Waals surface area contributed by atoms with E-state index in [2.05, 4.69) is 20.3 Å². The average molecular weight is 663 g/mol. The molecular formula is C30H30F4N6O5S. The number of ether oxygens (including phenoxy) is 1. The van der Waals surface area contributed by atoms with E-state index in [1.54, 1.807) is 31.2 Å². The van der Waals surface area contributed by atoms with Crippen LogP contribution in [0.1, 0.15) is 25.3 Å². The number of benzene rings is 2. The number of rotatable bonds is 9. The molecule has 5 rings (SSSR count). The van der Waals surface area contributed by atoms with Gasteiger partial charge in [0.25, 0.3) is 0 Å². The van der Waals surface area contributed by atoms with Gasteiger partial charge in [-0.05, 0) is 55.7 Å². The lowest BCUT2D eigenvalue weighted by atomic mass is 10.0. The van der Waals surface area contributed by atoms with Gasteiger partial charge in [-0.15, -0.1) is 0 Å². The van der Waals surface area contributed by atoms with Crippen molar-refractivity contribution >= 4 is 38.5 Å². The van der Waals surface area contributed by atoms with Gasteiger partial charge in [0.05, 0.1) is 28.6 Å². The summed E-state index contributed by atoms with van der Waals surface area (Å²) in [6, 6.07) is 10.2. The summed E-state index contributed by atoms with van der Waals surface area (Å²) in [5.74, 6) is -3.83. The molecule has 1 fully saturated rings. The van der Waals surface area contributed by atoms with Gasteiger partial charge in [0, 0.05) is 42.3 Å². The van der Waals surface area contributed by atoms with Crippen LogP contribution in [0.2, 0.25) is 0 Å². The van der Waals surface area contributed by atoms with E-state index in [9.17, 15) is 35.9 Å². The van der Waals surface area contributed by atoms with Gasteiger partial charge in [-0.2, -0.15) is 13.2 Å². The summed E-state index contributed by atoms with van der Waals surface area (Å²) < 4.78 is 87.7. The number of anilines is 2. The number of alkyl halides is 3. The highest BCUT2D eigenvalue weighted by atomic mass is 32.2. The third kappa shape index (κ3) is 7.38. The topological polar surface area (TPSA) is 147 Å². The lowest BCUT2D eigenvalue weighted by Crippen LogP contribution is -2.44. The van der Waals surface area contributed by atoms with Crippen LogP contribution in [0, 0.1) is 18.7 Å². The number of aromatic nitrogens is 3. The zero-order valence-corrected chi connectivity index (χ0v) is 25.5. The highest BCUT2D eigenvalue weighted by Crippen LogP contribution is 2.40. The number of fused-ring (bicyclic) bond motifs is 1. The van der Waals surface area contributed by atoms with Gasteiger partial charge in [-0.25, -0.2) is 32.6 Å². The van der Waals surface area contributed by atoms with Gasteiger partial charge in [-0.1, -0.05) is 19.1 Å². The third-order valence-corrected chi connectivity index (χ3v) is 8.96. The van der Waals surface area contributed by atoms with Crippen molar-refractivity contribution < 1.29 is 40.6 Å². The Morgan fingerprint density at radius 1 is 1.13 bits per heavy atom. The number of carbonyl (C=O) groups is 1. The number of aryl methyl sites for hydroxylation is 1. The fraction of sp³-hybridized carbons (Fsp3) is 0.333. The van der Waals surface area contributed by atoms with Crippen LogP contribution in [0.3, 0.4) is 0 Å². The molecule has 2 aromatic heterocycles. The second-order valence-electron chi connectivity index (χ2n) is 11.0. The van der Waals surface area contributed by atoms with E-state index in [1.807, 2.05) is 4.72 Å². The Morgan fingerprint density at radius 2 is 1.89 bits per heavy atom. The molecule has 0 saturated carbocycles. The van der Waals surface area contributed by atoms with Crippen molar-refractivity contribution in [1.29, 1.82) is 0 Å². The van der Waals surface area contributed by atoms with Crippen molar-refractivity contribution in [2.45, 2.75) is 38.9 Å². The SMILES string of the molecule is Cc1ccc2c(NS(=O)(=O)CC(C)C(F)(F)F)c(F)ccc2c1Oc1ncccc1-c1ccnc(NC2CCCN(C(=O)O)C2)n1. The first kappa shape index (κ1) is 32.7. The first-order chi connectivity index (χ1) is 21.7. The molecule has 46 heavy (non-hydrogen) atoms. The first-order valence-electron chi connectivity index (χ1n) is 14.2. The molecule has 4 aromatic rings. The van der Waals surface area contributed by atoms with Crippen molar-refractivity contribution in [3.8, 4) is 22.9 Å². The fourth-order valence-corrected chi connectivity index (χ4v) is 6.56. The lowest BCUT2D eigenvalue weighted by molar-refractivity contribution is -0.163. The number of hydrogen-bond donors (Lipinski definition) is 3. The molecule has 11 nitrogen and oxygen atoms in total. The largest absolute Gasteiger partial charge is 0.465 e. The molecule has 3 heterocycles. The van der Waals surface area contributed by atoms with Crippen LogP contribution in [0.4, 0.5) is 34.0 Å². The average Bonchev–Trinajstić information content (AvgIpc) is 2.99. The van der Waals surface area contributed by atoms with Gasteiger partial charge in [0.15, 0.2) is 0 Å². The molecule has 2 atom stereocenters. The summed E-state index contributed by atoms with van der Waals surface area (Å²) in [6.07, 6.45) is -1.30. The lowest BCUT2D eigenvalue weighted by Gasteiger charge is -2.31. The van der Waals surface area contributed by atoms with Gasteiger partial charge in [0.1, 0.15) is 11.6 Å². The number of piperidine rings is 1. The smallest absolute Gasteiger partial charge is 0.407 e. The van der Waals surface area contributed by atoms with Gasteiger partial charge in [0.2, 0.25) is 21.9 Å². The minimum Gasteiger partial charge on any atom is -0.465 e. The van der Waals surface area contributed by atoms with E-state index in [1.165, 1.54) is 29.4 Å². The quantitative estimate of drug-likeness (QED) is 0.173. The summed E-state index contributed by atoms with van der Waals surface area (Å²) in [4.78, 5) is 26.0. The van der Waals surface area contributed by atoms with Crippen LogP contribution in [0.5, 0.6) is 11.6 Å². The summed E-state index contributed by atoms with van der Waals surface area (Å²) in [6.45, 7) is 3.19. The van der Waals surface area contributed by atoms with Crippen LogP contribution in [-0.2, 0) is 10.0 Å². The first-order valence-corrected chi connectivity index (χ1v) is 15.9. The summed E-state index contributed by atoms with van der Waals surface area (Å²) >= 11 is 0. The maximum absolute atomic E-state index is 15.0. The van der Waals surface area contributed by atoms with E-state index < -0.39 is 45.5 Å². The number of nitrogens with zero attached hydrogens (tertiary/aromatic N) is 4. The number of likely N-dealkylation sites (tertiary alicyclic amines) is 1. The summed E-state index contributed by atoms with van der Waals surface area (Å²) in [7, 11) is -4.59. The van der Waals surface area contributed by atoms with Gasteiger partial charge in [-0.3, -0.25) is 4.72 Å². The Balaban J connectivity index is 1.46. The Kier molecular flexibility index (Phi) is 9.19. The number of nitrogens with one attached hydrogen (secondary N) is 2. The predicted octanol–water partition coefficient (Wildman–Crippen LogP) is 6.43. The maximum Gasteiger partial charge on any atom is 0.407 e. The minimum absolute atomic E-state index is 0.0673. The molecule has 1 aliphatic heterocycles. The van der Waals surface area contributed by atoms with Gasteiger partial charge >= 0.3 is 12.3 Å². The van der Waals surface area contributed by atoms with E-state index in [4.69, 9.17) is 4.74 Å². The van der Waals surface area contributed by atoms with E-state index in [-0.39, 0.29) is 40.9 Å². The zero-order chi connectivity index (χ0) is 33.2. The van der Waals surface area contributed by atoms with Crippen molar-refractivity contribution in [2.75, 3.05) is 28.9 Å². The van der Waals surface area contributed by atoms with Crippen molar-refractivity contribution in [1.82, 2.24) is 19.9 Å². The Bertz CT molecular complexity index is 1870. The number of hydrogen-bond acceptors (Lipinski definition) is 8. The second-order valence-corrected chi connectivity index (χ2v) is 12.8. The Hall–Kier alpha value is -4.73. The standard InChI is InChI=1S/C30H30F4N6O5S/c1-17-7-8-20-21(9-10-23(31)25(20)39-46(43,44)16-18(2)30(32,33)34)26(17)45-27-22(6-3-12-35-27)24-11-13-36-28(38-24)37-19-5-4-14-40(15-19)29(41)42/h3,6-13,18-19,39H,4-5,14-16H2,1-2H3,(H,41,42)(H,36,37,38). The number of sulfonamides is 1. The highest BCUT2D eigenvalue weighted by Gasteiger charge is 2.39. The predicted molar refractivity (Wildman–Crippen MR) is 163 cm³/mol. The molecule has 2 unspecified atom stereocenters. The highest BCUT2D eigenvalue weighted by molar-refractivity contribution is 7.92. The van der Waals surface area contributed by atoms with Gasteiger partial charge < -0.3 is 20.1 Å². The van der Waals surface area contributed by atoms with Crippen molar-refractivity contribution in [2.24, 2.45) is 5.92 Å². The Morgan fingerprint density at radius 3 is 2.63 bits per heavy atom. The van der Waals surface area contributed by atoms with Crippen LogP contribution < -0.4 is 14.8 Å². The van der Waals surface area contributed by atoms with Crippen LogP contribution in [0.25, 0.3) is 22.0 Å². The van der Waals surface area contributed by atoms with Crippen LogP contribution in [0.15, 0.2) is 54.9 Å². The Labute approximate surface area is 261 Å². The molecule has 0 aliphatic carbocycles. The van der Waals surface area contributed by atoms with E-state index in [0.717, 1.165) is 19.4 Å². The summed E-state index contributed by atoms with van der Waals surface area (Å²) in [5, 5.41) is 12.9. The molecule has 1 aliphatic rings. The molecule has 2 aromatic carbocycles. The molecule has 3 N–H and O–H groups in total. The zero-order valence-electron chi connectivity index (χ0n) is 24.7. The molecule has 1 amide bonds. The minimum atomic E-state index is -4.75. The van der Waals surface area contributed by atoms with E-state index in [0.29, 0.717) is 29.8 Å². The molecule has 244 valence electrons. The number of halogens is 4. The molecule has 1 saturated heterocycles. The third-order valence-electron chi connectivity index (χ3n) is 7.51. The molecule has 16 heteroatoms. The second kappa shape index (κ2) is 12.9. The normalized spacial score (nSPS) is 16.2. The molecule has 0 spiro atoms. The van der Waals surface area contributed by atoms with Crippen molar-refractivity contribution in [3.63, 3.8) is 0 Å². The molecule has 0 bridgehead atoms. The van der Waals surface area contributed by atoms with E-state index >= 15 is 0 Å². The van der Waals surface area contributed by atoms with Crippen LogP contribution >= 0.6 is 0 Å². The molecule has 0 radical (unpaired) electrons. The van der Waals surface area contributed by atoms with Crippen molar-refractivity contribution in [3.05, 3.63) is 66.2 Å².